The van der Waals surface area contributed by atoms with Gasteiger partial charge in [0.1, 0.15) is 12.3 Å². The molecule has 0 aliphatic rings. The van der Waals surface area contributed by atoms with Gasteiger partial charge in [0.2, 0.25) is 0 Å². The molecule has 0 radical (unpaired) electrons. The number of hydrogen-bond donors (Lipinski definition) is 1. The van der Waals surface area contributed by atoms with Gasteiger partial charge >= 0.3 is 0 Å². The lowest BCUT2D eigenvalue weighted by molar-refractivity contribution is -0.697. The molecule has 1 N–H and O–H groups in total. The summed E-state index contributed by atoms with van der Waals surface area (Å²) in [6.07, 6.45) is 13.2. The zero-order valence-electron chi connectivity index (χ0n) is 20.5. The van der Waals surface area contributed by atoms with Crippen molar-refractivity contribution < 1.29 is 28.7 Å². The highest BCUT2D eigenvalue weighted by Crippen LogP contribution is 2.26. The van der Waals surface area contributed by atoms with Crippen LogP contribution in [-0.2, 0) is 16.1 Å². The van der Waals surface area contributed by atoms with Gasteiger partial charge in [-0.25, -0.2) is 4.57 Å². The topological polar surface area (TPSA) is 76.7 Å². The number of nitrogens with zero attached hydrogens (tertiary/aromatic N) is 1. The van der Waals surface area contributed by atoms with Crippen molar-refractivity contribution in [2.45, 2.75) is 32.2 Å². The minimum absolute atomic E-state index is 0.0228. The first-order valence-electron chi connectivity index (χ1n) is 12.0. The molecule has 0 amide bonds. The maximum Gasteiger partial charge on any atom is 0.168 e. The molecule has 6 nitrogen and oxygen atoms in total. The van der Waals surface area contributed by atoms with Crippen molar-refractivity contribution in [2.24, 2.45) is 0 Å². The van der Waals surface area contributed by atoms with E-state index in [4.69, 9.17) is 9.47 Å². The largest absolute Gasteiger partial charge is 0.504 e. The Bertz CT molecular complexity index is 1180. The van der Waals surface area contributed by atoms with Gasteiger partial charge in [-0.2, -0.15) is 0 Å². The molecular formula is C30H32NO5+. The van der Waals surface area contributed by atoms with Gasteiger partial charge in [0, 0.05) is 18.6 Å². The molecule has 0 aliphatic heterocycles. The molecule has 0 bridgehead atoms. The first kappa shape index (κ1) is 26.4. The summed E-state index contributed by atoms with van der Waals surface area (Å²) in [5, 5.41) is 9.62. The molecule has 36 heavy (non-hydrogen) atoms. The number of pyridine rings is 1. The van der Waals surface area contributed by atoms with E-state index in [1.807, 2.05) is 42.5 Å². The second kappa shape index (κ2) is 14.3. The molecule has 0 spiro atoms. The third kappa shape index (κ3) is 9.22. The zero-order chi connectivity index (χ0) is 25.6. The molecule has 2 aromatic carbocycles. The van der Waals surface area contributed by atoms with Crippen molar-refractivity contribution in [3.63, 3.8) is 0 Å². The van der Waals surface area contributed by atoms with Crippen LogP contribution in [0.1, 0.15) is 36.8 Å². The van der Waals surface area contributed by atoms with E-state index in [9.17, 15) is 14.7 Å². The van der Waals surface area contributed by atoms with Gasteiger partial charge in [-0.15, -0.1) is 0 Å². The third-order valence-electron chi connectivity index (χ3n) is 5.46. The highest BCUT2D eigenvalue weighted by atomic mass is 16.5. The number of carbonyl (C=O) groups excluding carboxylic acids is 2. The molecular weight excluding hydrogens is 454 g/mol. The fourth-order valence-electron chi connectivity index (χ4n) is 3.49. The Morgan fingerprint density at radius 2 is 1.53 bits per heavy atom. The minimum atomic E-state index is -0.303. The molecule has 0 saturated carbocycles. The van der Waals surface area contributed by atoms with Crippen molar-refractivity contribution in [2.75, 3.05) is 13.7 Å². The molecule has 0 unspecified atom stereocenters. The summed E-state index contributed by atoms with van der Waals surface area (Å²) in [5.41, 5.74) is 1.55. The van der Waals surface area contributed by atoms with Crippen LogP contribution in [0.25, 0.3) is 12.2 Å². The lowest BCUT2D eigenvalue weighted by Gasteiger charge is -2.06. The van der Waals surface area contributed by atoms with Crippen LogP contribution < -0.4 is 14.0 Å². The zero-order valence-corrected chi connectivity index (χ0v) is 20.5. The predicted octanol–water partition coefficient (Wildman–Crippen LogP) is 5.19. The maximum absolute atomic E-state index is 12.1. The Balaban J connectivity index is 1.36. The van der Waals surface area contributed by atoms with Crippen LogP contribution in [0.5, 0.6) is 17.2 Å². The van der Waals surface area contributed by atoms with Crippen molar-refractivity contribution in [1.29, 1.82) is 0 Å². The van der Waals surface area contributed by atoms with Gasteiger partial charge in [-0.1, -0.05) is 36.4 Å². The summed E-state index contributed by atoms with van der Waals surface area (Å²) >= 11 is 0. The summed E-state index contributed by atoms with van der Waals surface area (Å²) in [5.74, 6) is 0.555. The van der Waals surface area contributed by atoms with E-state index in [0.717, 1.165) is 37.1 Å². The lowest BCUT2D eigenvalue weighted by atomic mass is 10.1. The van der Waals surface area contributed by atoms with Crippen LogP contribution in [0, 0.1) is 0 Å². The standard InChI is InChI=1S/C30H31NO5/c1-35-30-22-25(12-17-29(30)34)9-14-27(33)23-26(32)13-8-24-10-15-28(16-11-24)36-21-7-3-6-20-31-18-4-2-5-19-31/h2,4-5,8-19,22H,3,6-7,20-21,23H2,1H3/p+1/b13-8+. The highest BCUT2D eigenvalue weighted by molar-refractivity contribution is 6.10. The molecule has 6 heteroatoms. The summed E-state index contributed by atoms with van der Waals surface area (Å²) in [6.45, 7) is 1.68. The number of rotatable bonds is 14. The lowest BCUT2D eigenvalue weighted by Crippen LogP contribution is -2.32. The quantitative estimate of drug-likeness (QED) is 0.147. The summed E-state index contributed by atoms with van der Waals surface area (Å²) in [7, 11) is 1.45. The minimum Gasteiger partial charge on any atom is -0.504 e. The molecule has 3 aromatic rings. The number of benzene rings is 2. The Kier molecular flexibility index (Phi) is 10.5. The Morgan fingerprint density at radius 3 is 2.22 bits per heavy atom. The molecule has 0 aliphatic carbocycles. The van der Waals surface area contributed by atoms with Crippen molar-refractivity contribution in [3.05, 3.63) is 96.3 Å². The Hall–Kier alpha value is -4.19. The smallest absolute Gasteiger partial charge is 0.168 e. The third-order valence-corrected chi connectivity index (χ3v) is 5.46. The Labute approximate surface area is 212 Å². The molecule has 3 rings (SSSR count). The van der Waals surface area contributed by atoms with E-state index < -0.39 is 0 Å². The average molecular weight is 487 g/mol. The van der Waals surface area contributed by atoms with Gasteiger partial charge in [-0.3, -0.25) is 9.59 Å². The number of unbranched alkanes of at least 4 members (excludes halogenated alkanes) is 2. The Morgan fingerprint density at radius 1 is 0.861 bits per heavy atom. The van der Waals surface area contributed by atoms with Gasteiger partial charge in [0.25, 0.3) is 0 Å². The van der Waals surface area contributed by atoms with Crippen LogP contribution >= 0.6 is 0 Å². The normalized spacial score (nSPS) is 11.1. The van der Waals surface area contributed by atoms with Crippen LogP contribution in [0.3, 0.4) is 0 Å². The molecule has 186 valence electrons. The van der Waals surface area contributed by atoms with Crippen molar-refractivity contribution >= 4 is 23.7 Å². The predicted molar refractivity (Wildman–Crippen MR) is 140 cm³/mol. The number of aromatic nitrogens is 1. The van der Waals surface area contributed by atoms with E-state index >= 15 is 0 Å². The second-order valence-corrected chi connectivity index (χ2v) is 8.30. The number of carbonyl (C=O) groups is 2. The SMILES string of the molecule is COc1cc(/C=C/C(=O)CC(=O)/C=C/c2ccc(OCCCCC[n+]3ccccc3)cc2)ccc1O. The second-order valence-electron chi connectivity index (χ2n) is 8.30. The van der Waals surface area contributed by atoms with Crippen LogP contribution in [0.15, 0.2) is 85.2 Å². The highest BCUT2D eigenvalue weighted by Gasteiger charge is 2.05. The molecule has 0 saturated heterocycles. The fraction of sp³-hybridized carbons (Fsp3) is 0.233. The van der Waals surface area contributed by atoms with Gasteiger partial charge in [-0.05, 0) is 60.4 Å². The maximum atomic E-state index is 12.1. The fourth-order valence-corrected chi connectivity index (χ4v) is 3.49. The van der Waals surface area contributed by atoms with Crippen molar-refractivity contribution in [1.82, 2.24) is 0 Å². The van der Waals surface area contributed by atoms with E-state index in [-0.39, 0.29) is 23.7 Å². The van der Waals surface area contributed by atoms with Crippen LogP contribution in [-0.4, -0.2) is 30.4 Å². The van der Waals surface area contributed by atoms with Gasteiger partial charge in [0.05, 0.1) is 20.1 Å². The number of aromatic hydroxyl groups is 1. The van der Waals surface area contributed by atoms with Crippen LogP contribution in [0.2, 0.25) is 0 Å². The number of methoxy groups -OCH3 is 1. The summed E-state index contributed by atoms with van der Waals surface area (Å²) < 4.78 is 13.0. The van der Waals surface area contributed by atoms with Gasteiger partial charge in [0.15, 0.2) is 35.5 Å². The number of phenolic OH excluding ortho intramolecular Hbond substituents is 1. The first-order chi connectivity index (χ1) is 17.5. The van der Waals surface area contributed by atoms with Gasteiger partial charge < -0.3 is 14.6 Å². The monoisotopic (exact) mass is 486 g/mol. The first-order valence-corrected chi connectivity index (χ1v) is 12.0. The molecule has 0 fully saturated rings. The molecule has 1 aromatic heterocycles. The number of ether oxygens (including phenoxy) is 2. The number of aryl methyl sites for hydroxylation is 1. The number of hydrogen-bond acceptors (Lipinski definition) is 5. The number of ketones is 2. The number of allylic oxidation sites excluding steroid dienone is 2. The van der Waals surface area contributed by atoms with Crippen molar-refractivity contribution in [3.8, 4) is 17.2 Å². The summed E-state index contributed by atoms with van der Waals surface area (Å²) in [6, 6.07) is 18.4. The summed E-state index contributed by atoms with van der Waals surface area (Å²) in [4.78, 5) is 24.3. The van der Waals surface area contributed by atoms with E-state index in [1.165, 1.54) is 25.3 Å². The van der Waals surface area contributed by atoms with Crippen LogP contribution in [0.4, 0.5) is 0 Å². The average Bonchev–Trinajstić information content (AvgIpc) is 2.90. The van der Waals surface area contributed by atoms with E-state index in [2.05, 4.69) is 17.0 Å². The number of phenols is 1. The molecule has 1 heterocycles. The molecule has 0 atom stereocenters. The van der Waals surface area contributed by atoms with E-state index in [0.29, 0.717) is 17.9 Å². The van der Waals surface area contributed by atoms with E-state index in [1.54, 1.807) is 24.3 Å².